The summed E-state index contributed by atoms with van der Waals surface area (Å²) in [6.45, 7) is 2.24. The molecule has 0 bridgehead atoms. The number of aromatic amines is 1. The fourth-order valence-corrected chi connectivity index (χ4v) is 3.49. The predicted octanol–water partition coefficient (Wildman–Crippen LogP) is 5.87. The Balaban J connectivity index is 1.64. The van der Waals surface area contributed by atoms with Crippen LogP contribution in [0, 0.1) is 0 Å². The molecule has 0 aliphatic rings. The number of hydrogen-bond acceptors (Lipinski definition) is 3. The minimum atomic E-state index is -0.483. The topological polar surface area (TPSA) is 82.2 Å². The molecule has 0 unspecified atom stereocenters. The number of para-hydroxylation sites is 1. The summed E-state index contributed by atoms with van der Waals surface area (Å²) in [6, 6.07) is 6.98. The lowest BCUT2D eigenvalue weighted by Crippen LogP contribution is -2.19. The standard InChI is InChI=1S/C23H34N2O3/c1-2-3-4-5-6-7-8-9-10-11-12-17-20(26)25-21-22(27)18-15-13-14-16-19(18)24-23(21)28/h13-16H,2-12,17H2,1H3,(H,25,26)(H2,24,27,28). The van der Waals surface area contributed by atoms with E-state index < -0.39 is 5.56 Å². The molecule has 3 N–H and O–H groups in total. The van der Waals surface area contributed by atoms with E-state index in [1.165, 1.54) is 51.4 Å². The number of amides is 1. The van der Waals surface area contributed by atoms with Gasteiger partial charge in [-0.3, -0.25) is 9.59 Å². The van der Waals surface area contributed by atoms with Crippen molar-refractivity contribution in [3.05, 3.63) is 34.6 Å². The van der Waals surface area contributed by atoms with Gasteiger partial charge in [-0.05, 0) is 18.6 Å². The summed E-state index contributed by atoms with van der Waals surface area (Å²) in [4.78, 5) is 26.9. The number of benzene rings is 1. The zero-order valence-corrected chi connectivity index (χ0v) is 17.1. The van der Waals surface area contributed by atoms with Gasteiger partial charge in [0.2, 0.25) is 5.91 Å². The molecule has 0 spiro atoms. The van der Waals surface area contributed by atoms with Crippen molar-refractivity contribution in [2.75, 3.05) is 5.32 Å². The Labute approximate surface area is 167 Å². The summed E-state index contributed by atoms with van der Waals surface area (Å²) in [5, 5.41) is 13.4. The third-order valence-electron chi connectivity index (χ3n) is 5.17. The summed E-state index contributed by atoms with van der Waals surface area (Å²) in [5.41, 5.74) is 0.00335. The fourth-order valence-electron chi connectivity index (χ4n) is 3.49. The summed E-state index contributed by atoms with van der Waals surface area (Å²) < 4.78 is 0. The van der Waals surface area contributed by atoms with Gasteiger partial charge in [0.05, 0.1) is 5.52 Å². The van der Waals surface area contributed by atoms with Gasteiger partial charge in [-0.1, -0.05) is 83.3 Å². The van der Waals surface area contributed by atoms with E-state index in [-0.39, 0.29) is 17.3 Å². The Hall–Kier alpha value is -2.30. The lowest BCUT2D eigenvalue weighted by atomic mass is 10.1. The highest BCUT2D eigenvalue weighted by Gasteiger charge is 2.14. The smallest absolute Gasteiger partial charge is 0.276 e. The average molecular weight is 387 g/mol. The first-order valence-corrected chi connectivity index (χ1v) is 10.8. The van der Waals surface area contributed by atoms with Crippen LogP contribution in [0.1, 0.15) is 84.0 Å². The van der Waals surface area contributed by atoms with E-state index >= 15 is 0 Å². The summed E-state index contributed by atoms with van der Waals surface area (Å²) >= 11 is 0. The van der Waals surface area contributed by atoms with Crippen molar-refractivity contribution in [2.24, 2.45) is 0 Å². The summed E-state index contributed by atoms with van der Waals surface area (Å²) in [6.07, 6.45) is 13.8. The second-order valence-electron chi connectivity index (χ2n) is 7.56. The van der Waals surface area contributed by atoms with Gasteiger partial charge in [0.25, 0.3) is 5.56 Å². The Bertz CT molecular complexity index is 798. The number of H-pyrrole nitrogens is 1. The van der Waals surface area contributed by atoms with Gasteiger partial charge in [-0.15, -0.1) is 0 Å². The monoisotopic (exact) mass is 386 g/mol. The lowest BCUT2D eigenvalue weighted by Gasteiger charge is -2.09. The molecule has 0 radical (unpaired) electrons. The van der Waals surface area contributed by atoms with Crippen LogP contribution in [0.4, 0.5) is 5.69 Å². The van der Waals surface area contributed by atoms with Crippen molar-refractivity contribution in [1.29, 1.82) is 0 Å². The number of aromatic nitrogens is 1. The first kappa shape index (κ1) is 22.0. The number of anilines is 1. The van der Waals surface area contributed by atoms with E-state index in [2.05, 4.69) is 17.2 Å². The Morgan fingerprint density at radius 1 is 0.929 bits per heavy atom. The number of carbonyl (C=O) groups is 1. The maximum Gasteiger partial charge on any atom is 0.276 e. The number of pyridine rings is 1. The van der Waals surface area contributed by atoms with Crippen molar-refractivity contribution in [3.8, 4) is 5.75 Å². The van der Waals surface area contributed by atoms with E-state index in [4.69, 9.17) is 0 Å². The molecule has 1 amide bonds. The highest BCUT2D eigenvalue weighted by atomic mass is 16.3. The number of unbranched alkanes of at least 4 members (excludes halogenated alkanes) is 10. The van der Waals surface area contributed by atoms with Crippen LogP contribution in [0.3, 0.4) is 0 Å². The molecule has 1 aromatic heterocycles. The van der Waals surface area contributed by atoms with Gasteiger partial charge in [0, 0.05) is 11.8 Å². The average Bonchev–Trinajstić information content (AvgIpc) is 2.69. The largest absolute Gasteiger partial charge is 0.505 e. The van der Waals surface area contributed by atoms with Crippen LogP contribution in [-0.4, -0.2) is 16.0 Å². The fraction of sp³-hybridized carbons (Fsp3) is 0.565. The molecule has 154 valence electrons. The number of nitrogens with one attached hydrogen (secondary N) is 2. The molecule has 2 aromatic rings. The van der Waals surface area contributed by atoms with Crippen molar-refractivity contribution >= 4 is 22.5 Å². The summed E-state index contributed by atoms with van der Waals surface area (Å²) in [7, 11) is 0. The van der Waals surface area contributed by atoms with Crippen LogP contribution in [0.15, 0.2) is 29.1 Å². The molecule has 0 saturated heterocycles. The molecule has 1 heterocycles. The highest BCUT2D eigenvalue weighted by molar-refractivity contribution is 5.97. The minimum Gasteiger partial charge on any atom is -0.505 e. The number of hydrogen-bond donors (Lipinski definition) is 3. The van der Waals surface area contributed by atoms with Crippen LogP contribution in [-0.2, 0) is 4.79 Å². The maximum absolute atomic E-state index is 12.1. The molecule has 0 aliphatic carbocycles. The van der Waals surface area contributed by atoms with Crippen molar-refractivity contribution < 1.29 is 9.90 Å². The third-order valence-corrected chi connectivity index (χ3v) is 5.17. The Morgan fingerprint density at radius 2 is 1.50 bits per heavy atom. The van der Waals surface area contributed by atoms with Crippen molar-refractivity contribution in [1.82, 2.24) is 4.98 Å². The first-order chi connectivity index (χ1) is 13.6. The molecule has 5 nitrogen and oxygen atoms in total. The number of carbonyl (C=O) groups excluding carboxylic acids is 1. The van der Waals surface area contributed by atoms with Crippen LogP contribution in [0.2, 0.25) is 0 Å². The van der Waals surface area contributed by atoms with Gasteiger partial charge in [-0.25, -0.2) is 0 Å². The van der Waals surface area contributed by atoms with Gasteiger partial charge in [0.1, 0.15) is 5.69 Å². The molecule has 28 heavy (non-hydrogen) atoms. The van der Waals surface area contributed by atoms with E-state index in [1.54, 1.807) is 24.3 Å². The zero-order chi connectivity index (χ0) is 20.2. The molecule has 0 atom stereocenters. The number of rotatable bonds is 13. The second kappa shape index (κ2) is 12.2. The second-order valence-corrected chi connectivity index (χ2v) is 7.56. The third kappa shape index (κ3) is 7.02. The van der Waals surface area contributed by atoms with Gasteiger partial charge < -0.3 is 15.4 Å². The van der Waals surface area contributed by atoms with Crippen LogP contribution in [0.5, 0.6) is 5.75 Å². The Morgan fingerprint density at radius 3 is 2.14 bits per heavy atom. The lowest BCUT2D eigenvalue weighted by molar-refractivity contribution is -0.116. The zero-order valence-electron chi connectivity index (χ0n) is 17.1. The molecule has 5 heteroatoms. The highest BCUT2D eigenvalue weighted by Crippen LogP contribution is 2.28. The van der Waals surface area contributed by atoms with Crippen LogP contribution < -0.4 is 10.9 Å². The quantitative estimate of drug-likeness (QED) is 0.376. The molecule has 0 saturated carbocycles. The van der Waals surface area contributed by atoms with Crippen LogP contribution >= 0.6 is 0 Å². The molecule has 1 aromatic carbocycles. The minimum absolute atomic E-state index is 0.0632. The first-order valence-electron chi connectivity index (χ1n) is 10.8. The van der Waals surface area contributed by atoms with E-state index in [0.29, 0.717) is 17.3 Å². The molecular formula is C23H34N2O3. The number of fused-ring (bicyclic) bond motifs is 1. The molecular weight excluding hydrogens is 352 g/mol. The van der Waals surface area contributed by atoms with Crippen molar-refractivity contribution in [3.63, 3.8) is 0 Å². The van der Waals surface area contributed by atoms with E-state index in [0.717, 1.165) is 19.3 Å². The van der Waals surface area contributed by atoms with Gasteiger partial charge >= 0.3 is 0 Å². The maximum atomic E-state index is 12.1. The van der Waals surface area contributed by atoms with Crippen molar-refractivity contribution in [2.45, 2.75) is 84.0 Å². The van der Waals surface area contributed by atoms with E-state index in [9.17, 15) is 14.7 Å². The van der Waals surface area contributed by atoms with Crippen LogP contribution in [0.25, 0.3) is 10.9 Å². The summed E-state index contributed by atoms with van der Waals surface area (Å²) in [5.74, 6) is -0.404. The SMILES string of the molecule is CCCCCCCCCCCCCC(=O)Nc1c(O)c2ccccc2[nH]c1=O. The van der Waals surface area contributed by atoms with Gasteiger partial charge in [0.15, 0.2) is 5.75 Å². The molecule has 0 aliphatic heterocycles. The predicted molar refractivity (Wildman–Crippen MR) is 116 cm³/mol. The molecule has 0 fully saturated rings. The normalized spacial score (nSPS) is 11.0. The number of aromatic hydroxyl groups is 1. The Kier molecular flexibility index (Phi) is 9.60. The van der Waals surface area contributed by atoms with E-state index in [1.807, 2.05) is 0 Å². The molecule has 2 rings (SSSR count). The van der Waals surface area contributed by atoms with Gasteiger partial charge in [-0.2, -0.15) is 0 Å².